The topological polar surface area (TPSA) is 85.1 Å². The number of morpholine rings is 1. The van der Waals surface area contributed by atoms with Gasteiger partial charge in [0.25, 0.3) is 0 Å². The number of furan rings is 1. The van der Waals surface area contributed by atoms with Gasteiger partial charge in [0.2, 0.25) is 0 Å². The highest BCUT2D eigenvalue weighted by Crippen LogP contribution is 2.29. The van der Waals surface area contributed by atoms with E-state index in [9.17, 15) is 0 Å². The molecule has 0 aromatic carbocycles. The fourth-order valence-electron chi connectivity index (χ4n) is 4.52. The number of anilines is 1. The summed E-state index contributed by atoms with van der Waals surface area (Å²) in [5, 5.41) is 4.40. The van der Waals surface area contributed by atoms with Crippen molar-refractivity contribution in [3.05, 3.63) is 47.2 Å². The summed E-state index contributed by atoms with van der Waals surface area (Å²) in [4.78, 5) is 9.67. The normalized spacial score (nSPS) is 19.6. The molecule has 8 nitrogen and oxygen atoms in total. The highest BCUT2D eigenvalue weighted by atomic mass is 16.5. The minimum absolute atomic E-state index is 0.442. The molecule has 0 spiro atoms. The molecule has 160 valence electrons. The second-order valence-corrected chi connectivity index (χ2v) is 8.47. The van der Waals surface area contributed by atoms with Crippen LogP contribution in [0.5, 0.6) is 0 Å². The number of rotatable bonds is 5. The lowest BCUT2D eigenvalue weighted by molar-refractivity contribution is 0.0310. The van der Waals surface area contributed by atoms with Gasteiger partial charge in [-0.25, -0.2) is 4.98 Å². The average Bonchev–Trinajstić information content (AvgIpc) is 3.35. The maximum absolute atomic E-state index is 6.20. The highest BCUT2D eigenvalue weighted by molar-refractivity contribution is 5.48. The molecule has 5 heterocycles. The quantitative estimate of drug-likeness (QED) is 0.691. The Labute approximate surface area is 176 Å². The molecular formula is C22H30N6O2. The number of hydrogen-bond donors (Lipinski definition) is 1. The van der Waals surface area contributed by atoms with E-state index in [1.807, 2.05) is 19.1 Å². The number of piperidine rings is 1. The minimum atomic E-state index is 0.442. The number of ether oxygens (including phenoxy) is 1. The molecule has 3 aromatic heterocycles. The highest BCUT2D eigenvalue weighted by Gasteiger charge is 2.23. The van der Waals surface area contributed by atoms with E-state index >= 15 is 0 Å². The Morgan fingerprint density at radius 2 is 1.67 bits per heavy atom. The Kier molecular flexibility index (Phi) is 5.45. The molecule has 0 radical (unpaired) electrons. The molecule has 0 saturated carbocycles. The Balaban J connectivity index is 1.16. The molecule has 0 unspecified atom stereocenters. The van der Waals surface area contributed by atoms with E-state index in [0.29, 0.717) is 11.7 Å². The summed E-state index contributed by atoms with van der Waals surface area (Å²) in [6, 6.07) is 8.22. The fourth-order valence-corrected chi connectivity index (χ4v) is 4.52. The summed E-state index contributed by atoms with van der Waals surface area (Å²) >= 11 is 0. The van der Waals surface area contributed by atoms with Crippen molar-refractivity contribution >= 4 is 11.5 Å². The van der Waals surface area contributed by atoms with Crippen molar-refractivity contribution in [2.24, 2.45) is 0 Å². The Bertz CT molecular complexity index is 998. The van der Waals surface area contributed by atoms with Crippen LogP contribution in [0.25, 0.3) is 5.65 Å². The fraction of sp³-hybridized carbons (Fsp3) is 0.545. The van der Waals surface area contributed by atoms with Gasteiger partial charge < -0.3 is 14.9 Å². The van der Waals surface area contributed by atoms with Gasteiger partial charge in [-0.15, -0.1) is 0 Å². The van der Waals surface area contributed by atoms with Gasteiger partial charge in [0.15, 0.2) is 5.65 Å². The van der Waals surface area contributed by atoms with Crippen LogP contribution in [0.1, 0.15) is 41.7 Å². The number of nitrogen functional groups attached to an aromatic ring is 1. The molecule has 5 rings (SSSR count). The van der Waals surface area contributed by atoms with E-state index in [4.69, 9.17) is 19.9 Å². The van der Waals surface area contributed by atoms with Crippen molar-refractivity contribution in [1.82, 2.24) is 24.4 Å². The van der Waals surface area contributed by atoms with Crippen molar-refractivity contribution in [3.63, 3.8) is 0 Å². The molecular weight excluding hydrogens is 380 g/mol. The number of likely N-dealkylation sites (tertiary alicyclic amines) is 1. The second kappa shape index (κ2) is 8.37. The van der Waals surface area contributed by atoms with Crippen molar-refractivity contribution in [2.75, 3.05) is 45.1 Å². The second-order valence-electron chi connectivity index (χ2n) is 8.47. The van der Waals surface area contributed by atoms with Gasteiger partial charge in [-0.1, -0.05) is 0 Å². The lowest BCUT2D eigenvalue weighted by atomic mass is 9.93. The third kappa shape index (κ3) is 4.21. The molecule has 2 fully saturated rings. The molecule has 3 aromatic rings. The van der Waals surface area contributed by atoms with Gasteiger partial charge >= 0.3 is 0 Å². The smallest absolute Gasteiger partial charge is 0.157 e. The average molecular weight is 411 g/mol. The SMILES string of the molecule is Cc1cc2nc(C3CCN(Cc4ccc(CN5CCOCC5)o4)CC3)cc(N)n2n1. The van der Waals surface area contributed by atoms with Gasteiger partial charge in [-0.3, -0.25) is 9.80 Å². The zero-order valence-electron chi connectivity index (χ0n) is 17.6. The standard InChI is InChI=1S/C22H30N6O2/c1-16-12-22-24-20(13-21(23)28(22)25-16)17-4-6-26(7-5-17)14-18-2-3-19(30-18)15-27-8-10-29-11-9-27/h2-3,12-13,17H,4-11,14-15,23H2,1H3. The summed E-state index contributed by atoms with van der Waals surface area (Å²) in [7, 11) is 0. The maximum atomic E-state index is 6.20. The minimum Gasteiger partial charge on any atom is -0.463 e. The van der Waals surface area contributed by atoms with Crippen LogP contribution >= 0.6 is 0 Å². The third-order valence-electron chi connectivity index (χ3n) is 6.18. The summed E-state index contributed by atoms with van der Waals surface area (Å²) in [6.07, 6.45) is 2.16. The number of aromatic nitrogens is 3. The van der Waals surface area contributed by atoms with Crippen LogP contribution in [0, 0.1) is 6.92 Å². The monoisotopic (exact) mass is 410 g/mol. The predicted molar refractivity (Wildman–Crippen MR) is 114 cm³/mol. The lowest BCUT2D eigenvalue weighted by Gasteiger charge is -2.31. The van der Waals surface area contributed by atoms with Crippen LogP contribution in [0.2, 0.25) is 0 Å². The van der Waals surface area contributed by atoms with Gasteiger partial charge in [-0.05, 0) is 45.0 Å². The van der Waals surface area contributed by atoms with Crippen LogP contribution in [0.4, 0.5) is 5.82 Å². The van der Waals surface area contributed by atoms with Gasteiger partial charge in [-0.2, -0.15) is 9.61 Å². The molecule has 8 heteroatoms. The van der Waals surface area contributed by atoms with Crippen LogP contribution in [-0.2, 0) is 17.8 Å². The molecule has 2 aliphatic heterocycles. The number of aryl methyl sites for hydroxylation is 1. The first kappa shape index (κ1) is 19.5. The molecule has 0 amide bonds. The molecule has 2 saturated heterocycles. The van der Waals surface area contributed by atoms with Crippen LogP contribution in [-0.4, -0.2) is 63.8 Å². The van der Waals surface area contributed by atoms with E-state index in [1.54, 1.807) is 4.52 Å². The number of fused-ring (bicyclic) bond motifs is 1. The largest absolute Gasteiger partial charge is 0.463 e. The van der Waals surface area contributed by atoms with Crippen LogP contribution < -0.4 is 5.73 Å². The Morgan fingerprint density at radius 3 is 2.37 bits per heavy atom. The Morgan fingerprint density at radius 1 is 1.00 bits per heavy atom. The van der Waals surface area contributed by atoms with Gasteiger partial charge in [0, 0.05) is 36.8 Å². The molecule has 2 N–H and O–H groups in total. The van der Waals surface area contributed by atoms with Crippen LogP contribution in [0.3, 0.4) is 0 Å². The number of hydrogen-bond acceptors (Lipinski definition) is 7. The lowest BCUT2D eigenvalue weighted by Crippen LogP contribution is -2.35. The zero-order valence-corrected chi connectivity index (χ0v) is 17.6. The third-order valence-corrected chi connectivity index (χ3v) is 6.18. The summed E-state index contributed by atoms with van der Waals surface area (Å²) in [6.45, 7) is 9.37. The molecule has 30 heavy (non-hydrogen) atoms. The Hall–Kier alpha value is -2.42. The van der Waals surface area contributed by atoms with Gasteiger partial charge in [0.05, 0.1) is 32.0 Å². The zero-order chi connectivity index (χ0) is 20.5. The van der Waals surface area contributed by atoms with E-state index in [0.717, 1.165) is 93.9 Å². The maximum Gasteiger partial charge on any atom is 0.157 e. The number of nitrogens with zero attached hydrogens (tertiary/aromatic N) is 5. The van der Waals surface area contributed by atoms with E-state index < -0.39 is 0 Å². The first-order chi connectivity index (χ1) is 14.6. The van der Waals surface area contributed by atoms with Crippen LogP contribution in [0.15, 0.2) is 28.7 Å². The van der Waals surface area contributed by atoms with E-state index in [2.05, 4.69) is 27.0 Å². The van der Waals surface area contributed by atoms with E-state index in [-0.39, 0.29) is 0 Å². The van der Waals surface area contributed by atoms with Crippen molar-refractivity contribution in [2.45, 2.75) is 38.8 Å². The molecule has 0 atom stereocenters. The van der Waals surface area contributed by atoms with Gasteiger partial charge in [0.1, 0.15) is 17.3 Å². The van der Waals surface area contributed by atoms with Crippen molar-refractivity contribution in [1.29, 1.82) is 0 Å². The first-order valence-corrected chi connectivity index (χ1v) is 10.9. The van der Waals surface area contributed by atoms with Crippen molar-refractivity contribution in [3.8, 4) is 0 Å². The molecule has 2 aliphatic rings. The summed E-state index contributed by atoms with van der Waals surface area (Å²) in [5.74, 6) is 3.20. The molecule has 0 aliphatic carbocycles. The van der Waals surface area contributed by atoms with E-state index in [1.165, 1.54) is 0 Å². The summed E-state index contributed by atoms with van der Waals surface area (Å²) < 4.78 is 13.2. The molecule has 0 bridgehead atoms. The van der Waals surface area contributed by atoms with Crippen molar-refractivity contribution < 1.29 is 9.15 Å². The summed E-state index contributed by atoms with van der Waals surface area (Å²) in [5.41, 5.74) is 9.07. The first-order valence-electron chi connectivity index (χ1n) is 10.9. The number of nitrogens with two attached hydrogens (primary N) is 1. The predicted octanol–water partition coefficient (Wildman–Crippen LogP) is 2.42.